The van der Waals surface area contributed by atoms with Crippen molar-refractivity contribution in [3.8, 4) is 0 Å². The van der Waals surface area contributed by atoms with Gasteiger partial charge in [-0.15, -0.1) is 4.40 Å². The SMILES string of the molecule is CN(/N=C\c1ccc([N+](=O)[O-])cc1)C1=NS(=O)(=O)c2cc([N+](=O)[O-])ccc21. The molecule has 11 nitrogen and oxygen atoms in total. The highest BCUT2D eigenvalue weighted by atomic mass is 32.2. The van der Waals surface area contributed by atoms with E-state index in [2.05, 4.69) is 9.50 Å². The average molecular weight is 389 g/mol. The topological polar surface area (TPSA) is 148 Å². The Bertz CT molecular complexity index is 1110. The van der Waals surface area contributed by atoms with E-state index in [9.17, 15) is 28.6 Å². The Morgan fingerprint density at radius 2 is 1.63 bits per heavy atom. The van der Waals surface area contributed by atoms with Crippen LogP contribution in [0.4, 0.5) is 11.4 Å². The highest BCUT2D eigenvalue weighted by molar-refractivity contribution is 7.90. The molecule has 0 unspecified atom stereocenters. The molecule has 0 aliphatic carbocycles. The van der Waals surface area contributed by atoms with Gasteiger partial charge in [-0.25, -0.2) is 5.01 Å². The second kappa shape index (κ2) is 6.57. The summed E-state index contributed by atoms with van der Waals surface area (Å²) < 4.78 is 28.0. The fraction of sp³-hybridized carbons (Fsp3) is 0.0667. The molecule has 0 fully saturated rings. The first kappa shape index (κ1) is 18.1. The van der Waals surface area contributed by atoms with Crippen molar-refractivity contribution in [2.24, 2.45) is 9.50 Å². The molecule has 2 aromatic carbocycles. The lowest BCUT2D eigenvalue weighted by Crippen LogP contribution is -2.21. The lowest BCUT2D eigenvalue weighted by atomic mass is 10.2. The number of rotatable bonds is 4. The van der Waals surface area contributed by atoms with Gasteiger partial charge in [-0.2, -0.15) is 13.5 Å². The molecule has 1 heterocycles. The zero-order valence-corrected chi connectivity index (χ0v) is 14.5. The van der Waals surface area contributed by atoms with Gasteiger partial charge in [-0.05, 0) is 23.8 Å². The molecule has 0 saturated heterocycles. The minimum atomic E-state index is -4.06. The molecule has 27 heavy (non-hydrogen) atoms. The van der Waals surface area contributed by atoms with E-state index >= 15 is 0 Å². The van der Waals surface area contributed by atoms with Gasteiger partial charge in [-0.1, -0.05) is 0 Å². The van der Waals surface area contributed by atoms with Crippen LogP contribution in [0.15, 0.2) is 56.9 Å². The summed E-state index contributed by atoms with van der Waals surface area (Å²) in [5, 5.41) is 26.8. The summed E-state index contributed by atoms with van der Waals surface area (Å²) in [6.45, 7) is 0. The van der Waals surface area contributed by atoms with Crippen molar-refractivity contribution in [1.82, 2.24) is 5.01 Å². The molecule has 3 rings (SSSR count). The highest BCUT2D eigenvalue weighted by Crippen LogP contribution is 2.30. The molecule has 0 bridgehead atoms. The molecular formula is C15H11N5O6S. The molecule has 2 aromatic rings. The summed E-state index contributed by atoms with van der Waals surface area (Å²) in [6, 6.07) is 9.04. The molecule has 0 spiro atoms. The van der Waals surface area contributed by atoms with Gasteiger partial charge in [0.25, 0.3) is 21.4 Å². The van der Waals surface area contributed by atoms with Crippen LogP contribution in [0.3, 0.4) is 0 Å². The predicted octanol–water partition coefficient (Wildman–Crippen LogP) is 1.92. The molecule has 1 aliphatic rings. The molecule has 0 radical (unpaired) electrons. The maximum Gasteiger partial charge on any atom is 0.285 e. The number of nitrogens with zero attached hydrogens (tertiary/aromatic N) is 5. The Labute approximate surface area is 152 Å². The van der Waals surface area contributed by atoms with Gasteiger partial charge in [0.1, 0.15) is 4.90 Å². The third-order valence-electron chi connectivity index (χ3n) is 3.69. The number of nitro benzene ring substituents is 2. The Balaban J connectivity index is 1.89. The Kier molecular flexibility index (Phi) is 4.41. The molecule has 1 aliphatic heterocycles. The van der Waals surface area contributed by atoms with Crippen LogP contribution in [0.1, 0.15) is 11.1 Å². The number of hydrogen-bond acceptors (Lipinski definition) is 8. The van der Waals surface area contributed by atoms with E-state index in [4.69, 9.17) is 0 Å². The predicted molar refractivity (Wildman–Crippen MR) is 95.3 cm³/mol. The zero-order chi connectivity index (χ0) is 19.8. The fourth-order valence-corrected chi connectivity index (χ4v) is 3.61. The van der Waals surface area contributed by atoms with Crippen LogP contribution >= 0.6 is 0 Å². The number of amidine groups is 1. The number of hydrogen-bond donors (Lipinski definition) is 0. The van der Waals surface area contributed by atoms with Crippen molar-refractivity contribution < 1.29 is 18.3 Å². The first-order valence-corrected chi connectivity index (χ1v) is 8.79. The van der Waals surface area contributed by atoms with Crippen LogP contribution in [0.5, 0.6) is 0 Å². The summed E-state index contributed by atoms with van der Waals surface area (Å²) in [5.74, 6) is 0.0121. The quantitative estimate of drug-likeness (QED) is 0.440. The van der Waals surface area contributed by atoms with Gasteiger partial charge in [0.05, 0.1) is 16.1 Å². The molecule has 138 valence electrons. The van der Waals surface area contributed by atoms with Crippen LogP contribution in [-0.4, -0.2) is 42.4 Å². The molecule has 0 N–H and O–H groups in total. The van der Waals surface area contributed by atoms with E-state index < -0.39 is 19.9 Å². The van der Waals surface area contributed by atoms with Gasteiger partial charge >= 0.3 is 0 Å². The van der Waals surface area contributed by atoms with E-state index in [1.165, 1.54) is 54.7 Å². The lowest BCUT2D eigenvalue weighted by Gasteiger charge is -2.12. The fourth-order valence-electron chi connectivity index (χ4n) is 2.36. The number of benzene rings is 2. The molecule has 0 aromatic heterocycles. The largest absolute Gasteiger partial charge is 0.285 e. The maximum atomic E-state index is 12.2. The van der Waals surface area contributed by atoms with Crippen LogP contribution in [0, 0.1) is 20.2 Å². The molecule has 0 atom stereocenters. The second-order valence-electron chi connectivity index (χ2n) is 5.44. The van der Waals surface area contributed by atoms with Crippen LogP contribution < -0.4 is 0 Å². The van der Waals surface area contributed by atoms with Gasteiger partial charge < -0.3 is 0 Å². The Morgan fingerprint density at radius 1 is 1.04 bits per heavy atom. The third kappa shape index (κ3) is 3.50. The van der Waals surface area contributed by atoms with Crippen molar-refractivity contribution in [2.75, 3.05) is 7.05 Å². The molecule has 12 heteroatoms. The van der Waals surface area contributed by atoms with Crippen molar-refractivity contribution in [3.63, 3.8) is 0 Å². The van der Waals surface area contributed by atoms with Crippen molar-refractivity contribution >= 4 is 33.4 Å². The third-order valence-corrected chi connectivity index (χ3v) is 5.00. The first-order valence-electron chi connectivity index (χ1n) is 7.35. The number of hydrazone groups is 1. The van der Waals surface area contributed by atoms with E-state index in [1.807, 2.05) is 0 Å². The zero-order valence-electron chi connectivity index (χ0n) is 13.7. The van der Waals surface area contributed by atoms with E-state index in [0.29, 0.717) is 5.56 Å². The first-order chi connectivity index (χ1) is 12.7. The van der Waals surface area contributed by atoms with Crippen LogP contribution in [-0.2, 0) is 10.0 Å². The normalized spacial score (nSPS) is 14.6. The number of fused-ring (bicyclic) bond motifs is 1. The summed E-state index contributed by atoms with van der Waals surface area (Å²) in [5.41, 5.74) is 0.329. The monoisotopic (exact) mass is 389 g/mol. The summed E-state index contributed by atoms with van der Waals surface area (Å²) >= 11 is 0. The number of sulfonamides is 1. The van der Waals surface area contributed by atoms with Crippen molar-refractivity contribution in [2.45, 2.75) is 4.90 Å². The standard InChI is InChI=1S/C15H11N5O6S/c1-18(16-9-10-2-4-11(5-3-10)19(21)22)15-13-7-6-12(20(23)24)8-14(13)27(25,26)17-15/h2-9H,1H3/b16-9-. The van der Waals surface area contributed by atoms with E-state index in [0.717, 1.165) is 6.07 Å². The minimum absolute atomic E-state index is 0.0121. The smallest absolute Gasteiger partial charge is 0.258 e. The Hall–Kier alpha value is -3.67. The maximum absolute atomic E-state index is 12.2. The molecule has 0 saturated carbocycles. The van der Waals surface area contributed by atoms with Crippen molar-refractivity contribution in [3.05, 3.63) is 73.8 Å². The van der Waals surface area contributed by atoms with E-state index in [1.54, 1.807) is 0 Å². The summed E-state index contributed by atoms with van der Waals surface area (Å²) in [7, 11) is -2.60. The summed E-state index contributed by atoms with van der Waals surface area (Å²) in [4.78, 5) is 20.0. The van der Waals surface area contributed by atoms with Gasteiger partial charge in [-0.3, -0.25) is 20.2 Å². The van der Waals surface area contributed by atoms with Crippen molar-refractivity contribution in [1.29, 1.82) is 0 Å². The average Bonchev–Trinajstić information content (AvgIpc) is 2.91. The Morgan fingerprint density at radius 3 is 2.22 bits per heavy atom. The van der Waals surface area contributed by atoms with Crippen LogP contribution in [0.25, 0.3) is 0 Å². The lowest BCUT2D eigenvalue weighted by molar-refractivity contribution is -0.385. The second-order valence-corrected chi connectivity index (χ2v) is 7.02. The number of non-ortho nitro benzene ring substituents is 2. The van der Waals surface area contributed by atoms with Gasteiger partial charge in [0.15, 0.2) is 5.84 Å². The summed E-state index contributed by atoms with van der Waals surface area (Å²) in [6.07, 6.45) is 1.38. The number of nitro groups is 2. The molecular weight excluding hydrogens is 378 g/mol. The van der Waals surface area contributed by atoms with E-state index in [-0.39, 0.29) is 27.7 Å². The highest BCUT2D eigenvalue weighted by Gasteiger charge is 2.32. The van der Waals surface area contributed by atoms with Gasteiger partial charge in [0, 0.05) is 36.9 Å². The minimum Gasteiger partial charge on any atom is -0.258 e. The molecule has 0 amide bonds. The van der Waals surface area contributed by atoms with Crippen LogP contribution in [0.2, 0.25) is 0 Å². The van der Waals surface area contributed by atoms with Gasteiger partial charge in [0.2, 0.25) is 0 Å².